The van der Waals surface area contributed by atoms with Crippen LogP contribution in [0.25, 0.3) is 10.8 Å². The van der Waals surface area contributed by atoms with Crippen LogP contribution in [0.4, 0.5) is 11.6 Å². The number of rotatable bonds is 4. The van der Waals surface area contributed by atoms with Crippen LogP contribution in [-0.4, -0.2) is 36.2 Å². The molecule has 0 aliphatic heterocycles. The smallest absolute Gasteiger partial charge is 0.259 e. The number of nitrogens with zero attached hydrogens (tertiary/aromatic N) is 6. The Balaban J connectivity index is 0.000000223. The molecule has 0 spiro atoms. The molecule has 0 saturated heterocycles. The second-order valence-corrected chi connectivity index (χ2v) is 7.86. The van der Waals surface area contributed by atoms with Gasteiger partial charge in [-0.15, -0.1) is 0 Å². The Hall–Kier alpha value is -4.91. The molecule has 10 heteroatoms. The number of allylic oxidation sites excluding steroid dienone is 1. The zero-order valence-corrected chi connectivity index (χ0v) is 20.7. The first-order valence-corrected chi connectivity index (χ1v) is 11.1. The lowest BCUT2D eigenvalue weighted by Gasteiger charge is -2.09. The van der Waals surface area contributed by atoms with Crippen molar-refractivity contribution in [1.82, 2.24) is 24.1 Å². The fourth-order valence-corrected chi connectivity index (χ4v) is 3.62. The number of aliphatic imine (C=N–C) groups is 1. The number of pyridine rings is 1. The average molecular weight is 485 g/mol. The summed E-state index contributed by atoms with van der Waals surface area (Å²) in [5, 5.41) is 9.55. The maximum absolute atomic E-state index is 12.6. The molecule has 0 atom stereocenters. The van der Waals surface area contributed by atoms with Crippen molar-refractivity contribution in [1.29, 1.82) is 0 Å². The summed E-state index contributed by atoms with van der Waals surface area (Å²) in [4.78, 5) is 27.6. The topological polar surface area (TPSA) is 139 Å². The monoisotopic (exact) mass is 484 g/mol. The van der Waals surface area contributed by atoms with Crippen molar-refractivity contribution in [3.8, 4) is 11.8 Å². The van der Waals surface area contributed by atoms with E-state index in [1.165, 1.54) is 17.0 Å². The molecule has 3 aromatic heterocycles. The summed E-state index contributed by atoms with van der Waals surface area (Å²) in [7, 11) is 5.29. The molecule has 0 saturated carbocycles. The second kappa shape index (κ2) is 11.0. The van der Waals surface area contributed by atoms with Gasteiger partial charge in [0.25, 0.3) is 11.5 Å². The van der Waals surface area contributed by atoms with Gasteiger partial charge in [-0.05, 0) is 23.9 Å². The maximum atomic E-state index is 12.6. The molecule has 1 aromatic carbocycles. The lowest BCUT2D eigenvalue weighted by Crippen LogP contribution is -2.20. The molecule has 0 fully saturated rings. The Bertz CT molecular complexity index is 1590. The van der Waals surface area contributed by atoms with Crippen LogP contribution in [-0.2, 0) is 27.6 Å². The van der Waals surface area contributed by atoms with E-state index in [-0.39, 0.29) is 16.9 Å². The minimum Gasteiger partial charge on any atom is -0.381 e. The molecule has 0 aliphatic carbocycles. The van der Waals surface area contributed by atoms with E-state index in [1.54, 1.807) is 22.5 Å². The number of carbonyl (C=O) groups excluding carboxylic acids is 1. The van der Waals surface area contributed by atoms with Crippen molar-refractivity contribution in [2.45, 2.75) is 13.3 Å². The van der Waals surface area contributed by atoms with Crippen LogP contribution in [0.3, 0.4) is 0 Å². The zero-order valence-electron chi connectivity index (χ0n) is 20.7. The first-order valence-electron chi connectivity index (χ1n) is 11.1. The SMILES string of the molecule is C=C/C=N\c1c(C(N)=O)c(N)nn1C.CCc1cc2cccc(C#Cc3cnn(C)c3)c2c(=O)n1C. The summed E-state index contributed by atoms with van der Waals surface area (Å²) >= 11 is 0. The molecule has 4 N–H and O–H groups in total. The number of aryl methyl sites for hydroxylation is 3. The predicted octanol–water partition coefficient (Wildman–Crippen LogP) is 2.22. The Morgan fingerprint density at radius 2 is 2.00 bits per heavy atom. The van der Waals surface area contributed by atoms with Crippen LogP contribution in [0, 0.1) is 11.8 Å². The van der Waals surface area contributed by atoms with Gasteiger partial charge in [0.2, 0.25) is 0 Å². The van der Waals surface area contributed by atoms with E-state index in [2.05, 4.69) is 39.7 Å². The van der Waals surface area contributed by atoms with Gasteiger partial charge in [-0.1, -0.05) is 43.6 Å². The highest BCUT2D eigenvalue weighted by Gasteiger charge is 2.17. The number of hydrogen-bond acceptors (Lipinski definition) is 6. The first kappa shape index (κ1) is 25.7. The number of anilines is 1. The second-order valence-electron chi connectivity index (χ2n) is 7.86. The number of benzene rings is 1. The quantitative estimate of drug-likeness (QED) is 0.338. The summed E-state index contributed by atoms with van der Waals surface area (Å²) in [5.41, 5.74) is 13.4. The largest absolute Gasteiger partial charge is 0.381 e. The summed E-state index contributed by atoms with van der Waals surface area (Å²) in [5.74, 6) is 5.94. The standard InChI is InChI=1S/C18H17N3O.C8H11N5O/c1-4-16-10-15-7-5-6-14(17(15)18(22)21(16)3)9-8-13-11-19-20(2)12-13;1-3-4-11-8-5(7(10)14)6(9)12-13(8)2/h5-7,10-12H,4H2,1-3H3;3-4H,1H2,2H3,(H2,9,12)(H2,10,14)/b;11-4-. The van der Waals surface area contributed by atoms with Crippen molar-refractivity contribution >= 4 is 34.5 Å². The van der Waals surface area contributed by atoms with Crippen LogP contribution < -0.4 is 17.0 Å². The molecule has 36 heavy (non-hydrogen) atoms. The summed E-state index contributed by atoms with van der Waals surface area (Å²) in [6.07, 6.45) is 7.31. The molecule has 184 valence electrons. The lowest BCUT2D eigenvalue weighted by molar-refractivity contribution is 0.100. The van der Waals surface area contributed by atoms with Gasteiger partial charge in [-0.25, -0.2) is 9.67 Å². The number of aromatic nitrogens is 5. The third kappa shape index (κ3) is 5.42. The van der Waals surface area contributed by atoms with Gasteiger partial charge >= 0.3 is 0 Å². The number of hydrogen-bond donors (Lipinski definition) is 2. The molecule has 4 rings (SSSR count). The Labute approximate surface area is 208 Å². The van der Waals surface area contributed by atoms with Crippen molar-refractivity contribution < 1.29 is 4.79 Å². The van der Waals surface area contributed by atoms with Gasteiger partial charge in [-0.3, -0.25) is 14.3 Å². The van der Waals surface area contributed by atoms with Crippen LogP contribution in [0.15, 0.2) is 59.1 Å². The Morgan fingerprint density at radius 1 is 1.25 bits per heavy atom. The van der Waals surface area contributed by atoms with E-state index >= 15 is 0 Å². The van der Waals surface area contributed by atoms with Crippen LogP contribution in [0.5, 0.6) is 0 Å². The highest BCUT2D eigenvalue weighted by molar-refractivity contribution is 6.02. The highest BCUT2D eigenvalue weighted by atomic mass is 16.1. The predicted molar refractivity (Wildman–Crippen MR) is 142 cm³/mol. The van der Waals surface area contributed by atoms with Crippen molar-refractivity contribution in [3.05, 3.63) is 82.1 Å². The number of primary amides is 1. The Morgan fingerprint density at radius 3 is 2.61 bits per heavy atom. The number of nitrogens with two attached hydrogens (primary N) is 2. The molecule has 1 amide bonds. The van der Waals surface area contributed by atoms with Gasteiger partial charge in [0, 0.05) is 44.8 Å². The van der Waals surface area contributed by atoms with Crippen molar-refractivity contribution in [2.24, 2.45) is 31.9 Å². The molecule has 0 aliphatic rings. The van der Waals surface area contributed by atoms with Crippen molar-refractivity contribution in [3.63, 3.8) is 0 Å². The zero-order chi connectivity index (χ0) is 26.4. The molecule has 0 radical (unpaired) electrons. The molecule has 10 nitrogen and oxygen atoms in total. The number of fused-ring (bicyclic) bond motifs is 1. The van der Waals surface area contributed by atoms with Gasteiger partial charge in [0.15, 0.2) is 11.6 Å². The fourth-order valence-electron chi connectivity index (χ4n) is 3.62. The van der Waals surface area contributed by atoms with E-state index in [0.717, 1.165) is 28.6 Å². The van der Waals surface area contributed by atoms with E-state index < -0.39 is 5.91 Å². The van der Waals surface area contributed by atoms with E-state index in [4.69, 9.17) is 11.5 Å². The summed E-state index contributed by atoms with van der Waals surface area (Å²) in [6, 6.07) is 7.85. The molecule has 3 heterocycles. The minimum atomic E-state index is -0.646. The minimum absolute atomic E-state index is 0.00503. The number of amides is 1. The molecule has 0 bridgehead atoms. The van der Waals surface area contributed by atoms with E-state index in [9.17, 15) is 9.59 Å². The van der Waals surface area contributed by atoms with E-state index in [1.807, 2.05) is 45.4 Å². The Kier molecular flexibility index (Phi) is 7.86. The average Bonchev–Trinajstić information content (AvgIpc) is 3.39. The third-order valence-electron chi connectivity index (χ3n) is 5.37. The summed E-state index contributed by atoms with van der Waals surface area (Å²) < 4.78 is 4.80. The van der Waals surface area contributed by atoms with Crippen LogP contribution >= 0.6 is 0 Å². The van der Waals surface area contributed by atoms with Crippen molar-refractivity contribution in [2.75, 3.05) is 5.73 Å². The van der Waals surface area contributed by atoms with E-state index in [0.29, 0.717) is 11.2 Å². The first-order chi connectivity index (χ1) is 17.2. The maximum Gasteiger partial charge on any atom is 0.259 e. The third-order valence-corrected chi connectivity index (χ3v) is 5.37. The normalized spacial score (nSPS) is 10.6. The number of carbonyl (C=O) groups is 1. The van der Waals surface area contributed by atoms with Gasteiger partial charge in [0.1, 0.15) is 5.56 Å². The fraction of sp³-hybridized carbons (Fsp3) is 0.192. The molecular weight excluding hydrogens is 456 g/mol. The molecule has 0 unspecified atom stereocenters. The van der Waals surface area contributed by atoms with Gasteiger partial charge in [0.05, 0.1) is 17.1 Å². The lowest BCUT2D eigenvalue weighted by atomic mass is 10.0. The molecule has 4 aromatic rings. The van der Waals surface area contributed by atoms with Gasteiger partial charge in [-0.2, -0.15) is 10.2 Å². The number of nitrogen functional groups attached to an aromatic ring is 1. The van der Waals surface area contributed by atoms with Gasteiger partial charge < -0.3 is 16.0 Å². The highest BCUT2D eigenvalue weighted by Crippen LogP contribution is 2.22. The molecular formula is C26H28N8O2. The van der Waals surface area contributed by atoms with Crippen LogP contribution in [0.1, 0.15) is 34.1 Å². The summed E-state index contributed by atoms with van der Waals surface area (Å²) in [6.45, 7) is 5.51. The van der Waals surface area contributed by atoms with Crippen LogP contribution in [0.2, 0.25) is 0 Å².